The van der Waals surface area contributed by atoms with Crippen molar-refractivity contribution < 1.29 is 14.6 Å². The molecule has 0 saturated carbocycles. The molecule has 27 heavy (non-hydrogen) atoms. The van der Waals surface area contributed by atoms with Crippen LogP contribution in [0.3, 0.4) is 0 Å². The number of fused-ring (bicyclic) bond motifs is 2. The number of ether oxygens (including phenoxy) is 1. The largest absolute Gasteiger partial charge is 0.508 e. The van der Waals surface area contributed by atoms with E-state index in [1.165, 1.54) is 34.8 Å². The van der Waals surface area contributed by atoms with Crippen molar-refractivity contribution in [2.75, 3.05) is 19.1 Å². The van der Waals surface area contributed by atoms with Gasteiger partial charge in [-0.15, -0.1) is 11.3 Å². The molecule has 5 heteroatoms. The predicted molar refractivity (Wildman–Crippen MR) is 111 cm³/mol. The fraction of sp³-hybridized carbons (Fsp3) is 0.136. The van der Waals surface area contributed by atoms with Crippen molar-refractivity contribution >= 4 is 43.2 Å². The lowest BCUT2D eigenvalue weighted by molar-refractivity contribution is 0.0604. The third-order valence-corrected chi connectivity index (χ3v) is 5.95. The Bertz CT molecular complexity index is 1140. The predicted octanol–water partition coefficient (Wildman–Crippen LogP) is 5.18. The van der Waals surface area contributed by atoms with Crippen molar-refractivity contribution in [1.82, 2.24) is 0 Å². The molecular formula is C22H19NO3S. The Morgan fingerprint density at radius 3 is 2.67 bits per heavy atom. The standard InChI is InChI=1S/C22H19NO3S/c1-23(13-15-8-5-7-14-6-3-4-9-17(14)15)21-20(22(25)26-2)18-11-10-16(24)12-19(18)27-21/h3-12,24H,13H2,1-2H3. The SMILES string of the molecule is COC(=O)c1c(N(C)Cc2cccc3ccccc23)sc2cc(O)ccc12. The van der Waals surface area contributed by atoms with E-state index < -0.39 is 0 Å². The van der Waals surface area contributed by atoms with E-state index in [1.807, 2.05) is 19.2 Å². The summed E-state index contributed by atoms with van der Waals surface area (Å²) in [5, 5.41) is 13.8. The third kappa shape index (κ3) is 3.11. The minimum Gasteiger partial charge on any atom is -0.508 e. The first-order chi connectivity index (χ1) is 13.1. The smallest absolute Gasteiger partial charge is 0.341 e. The number of carbonyl (C=O) groups is 1. The summed E-state index contributed by atoms with van der Waals surface area (Å²) in [6.45, 7) is 0.657. The molecule has 0 saturated heterocycles. The molecular weight excluding hydrogens is 358 g/mol. The first-order valence-corrected chi connectivity index (χ1v) is 9.41. The number of aromatic hydroxyl groups is 1. The highest BCUT2D eigenvalue weighted by atomic mass is 32.1. The molecule has 0 unspecified atom stereocenters. The molecule has 0 fully saturated rings. The molecule has 4 nitrogen and oxygen atoms in total. The quantitative estimate of drug-likeness (QED) is 0.498. The number of thiophene rings is 1. The first kappa shape index (κ1) is 17.4. The normalized spacial score (nSPS) is 11.0. The molecule has 0 radical (unpaired) electrons. The summed E-state index contributed by atoms with van der Waals surface area (Å²) < 4.78 is 5.88. The van der Waals surface area contributed by atoms with E-state index in [0.29, 0.717) is 12.1 Å². The zero-order chi connectivity index (χ0) is 19.0. The number of hydrogen-bond acceptors (Lipinski definition) is 5. The Hall–Kier alpha value is -3.05. The van der Waals surface area contributed by atoms with Crippen LogP contribution in [0.1, 0.15) is 15.9 Å². The van der Waals surface area contributed by atoms with Crippen LogP contribution >= 0.6 is 11.3 Å². The van der Waals surface area contributed by atoms with Gasteiger partial charge in [0, 0.05) is 23.7 Å². The minimum absolute atomic E-state index is 0.184. The van der Waals surface area contributed by atoms with Crippen molar-refractivity contribution in [2.24, 2.45) is 0 Å². The second-order valence-corrected chi connectivity index (χ2v) is 7.48. The zero-order valence-electron chi connectivity index (χ0n) is 15.1. The van der Waals surface area contributed by atoms with Crippen molar-refractivity contribution in [3.8, 4) is 5.75 Å². The second-order valence-electron chi connectivity index (χ2n) is 6.45. The summed E-state index contributed by atoms with van der Waals surface area (Å²) in [6.07, 6.45) is 0. The number of methoxy groups -OCH3 is 1. The highest BCUT2D eigenvalue weighted by Gasteiger charge is 2.22. The maximum atomic E-state index is 12.5. The van der Waals surface area contributed by atoms with Crippen LogP contribution in [0.5, 0.6) is 5.75 Å². The molecule has 136 valence electrons. The number of phenolic OH excluding ortho intramolecular Hbond substituents is 1. The van der Waals surface area contributed by atoms with E-state index in [4.69, 9.17) is 4.74 Å². The summed E-state index contributed by atoms with van der Waals surface area (Å²) in [4.78, 5) is 14.5. The van der Waals surface area contributed by atoms with Gasteiger partial charge in [-0.3, -0.25) is 0 Å². The summed E-state index contributed by atoms with van der Waals surface area (Å²) >= 11 is 1.48. The van der Waals surface area contributed by atoms with Gasteiger partial charge in [0.25, 0.3) is 0 Å². The van der Waals surface area contributed by atoms with Gasteiger partial charge < -0.3 is 14.7 Å². The monoisotopic (exact) mass is 377 g/mol. The van der Waals surface area contributed by atoms with E-state index in [-0.39, 0.29) is 11.7 Å². The number of anilines is 1. The van der Waals surface area contributed by atoms with Crippen LogP contribution in [0.15, 0.2) is 60.7 Å². The Kier molecular flexibility index (Phi) is 4.46. The van der Waals surface area contributed by atoms with Crippen molar-refractivity contribution in [3.63, 3.8) is 0 Å². The molecule has 1 aromatic heterocycles. The van der Waals surface area contributed by atoms with Crippen LogP contribution in [0.4, 0.5) is 5.00 Å². The maximum absolute atomic E-state index is 12.5. The summed E-state index contributed by atoms with van der Waals surface area (Å²) in [6, 6.07) is 19.6. The van der Waals surface area contributed by atoms with Crippen LogP contribution in [-0.2, 0) is 11.3 Å². The average molecular weight is 377 g/mol. The molecule has 4 rings (SSSR count). The van der Waals surface area contributed by atoms with E-state index in [1.54, 1.807) is 18.2 Å². The second kappa shape index (κ2) is 6.93. The molecule has 1 N–H and O–H groups in total. The minimum atomic E-state index is -0.369. The van der Waals surface area contributed by atoms with Gasteiger partial charge in [0.05, 0.1) is 7.11 Å². The van der Waals surface area contributed by atoms with Crippen molar-refractivity contribution in [1.29, 1.82) is 0 Å². The maximum Gasteiger partial charge on any atom is 0.341 e. The molecule has 0 amide bonds. The summed E-state index contributed by atoms with van der Waals surface area (Å²) in [7, 11) is 3.36. The van der Waals surface area contributed by atoms with E-state index in [9.17, 15) is 9.90 Å². The van der Waals surface area contributed by atoms with Gasteiger partial charge in [0.2, 0.25) is 0 Å². The van der Waals surface area contributed by atoms with E-state index >= 15 is 0 Å². The first-order valence-electron chi connectivity index (χ1n) is 8.60. The number of nitrogens with zero attached hydrogens (tertiary/aromatic N) is 1. The molecule has 0 aliphatic rings. The fourth-order valence-corrected chi connectivity index (χ4v) is 4.58. The highest BCUT2D eigenvalue weighted by molar-refractivity contribution is 7.23. The van der Waals surface area contributed by atoms with Gasteiger partial charge in [-0.2, -0.15) is 0 Å². The molecule has 0 spiro atoms. The number of carbonyl (C=O) groups excluding carboxylic acids is 1. The topological polar surface area (TPSA) is 49.8 Å². The molecule has 1 heterocycles. The van der Waals surface area contributed by atoms with Crippen LogP contribution in [0, 0.1) is 0 Å². The summed E-state index contributed by atoms with van der Waals surface area (Å²) in [5.41, 5.74) is 1.73. The van der Waals surface area contributed by atoms with Gasteiger partial charge in [-0.05, 0) is 34.5 Å². The van der Waals surface area contributed by atoms with Crippen LogP contribution < -0.4 is 4.90 Å². The number of rotatable bonds is 4. The summed E-state index contributed by atoms with van der Waals surface area (Å²) in [5.74, 6) is -0.185. The molecule has 0 atom stereocenters. The van der Waals surface area contributed by atoms with Crippen LogP contribution in [0.25, 0.3) is 20.9 Å². The van der Waals surface area contributed by atoms with Crippen molar-refractivity contribution in [3.05, 3.63) is 71.8 Å². The molecule has 0 aliphatic heterocycles. The van der Waals surface area contributed by atoms with Gasteiger partial charge in [0.15, 0.2) is 0 Å². The number of esters is 1. The Labute approximate surface area is 161 Å². The number of hydrogen-bond donors (Lipinski definition) is 1. The molecule has 0 bridgehead atoms. The van der Waals surface area contributed by atoms with E-state index in [0.717, 1.165) is 15.1 Å². The molecule has 0 aliphatic carbocycles. The molecule has 4 aromatic rings. The Morgan fingerprint density at radius 2 is 1.85 bits per heavy atom. The Morgan fingerprint density at radius 1 is 1.07 bits per heavy atom. The van der Waals surface area contributed by atoms with Crippen LogP contribution in [-0.4, -0.2) is 25.2 Å². The third-order valence-electron chi connectivity index (χ3n) is 4.68. The molecule has 3 aromatic carbocycles. The van der Waals surface area contributed by atoms with Crippen molar-refractivity contribution in [2.45, 2.75) is 6.54 Å². The van der Waals surface area contributed by atoms with Gasteiger partial charge >= 0.3 is 5.97 Å². The highest BCUT2D eigenvalue weighted by Crippen LogP contribution is 2.40. The average Bonchev–Trinajstić information content (AvgIpc) is 3.06. The lowest BCUT2D eigenvalue weighted by atomic mass is 10.0. The Balaban J connectivity index is 1.80. The van der Waals surface area contributed by atoms with Gasteiger partial charge in [-0.1, -0.05) is 42.5 Å². The number of phenols is 1. The van der Waals surface area contributed by atoms with Gasteiger partial charge in [0.1, 0.15) is 16.3 Å². The number of benzene rings is 3. The fourth-order valence-electron chi connectivity index (χ4n) is 3.40. The van der Waals surface area contributed by atoms with Gasteiger partial charge in [-0.25, -0.2) is 4.79 Å². The van der Waals surface area contributed by atoms with Crippen LogP contribution in [0.2, 0.25) is 0 Å². The lowest BCUT2D eigenvalue weighted by Crippen LogP contribution is -2.18. The van der Waals surface area contributed by atoms with E-state index in [2.05, 4.69) is 35.2 Å². The zero-order valence-corrected chi connectivity index (χ0v) is 15.9. The lowest BCUT2D eigenvalue weighted by Gasteiger charge is -2.20.